The molecule has 0 saturated heterocycles. The summed E-state index contributed by atoms with van der Waals surface area (Å²) >= 11 is 5.71. The van der Waals surface area contributed by atoms with Crippen LogP contribution in [0.5, 0.6) is 0 Å². The van der Waals surface area contributed by atoms with E-state index in [-0.39, 0.29) is 40.0 Å². The highest BCUT2D eigenvalue weighted by Crippen LogP contribution is 2.53. The first-order valence-electron chi connectivity index (χ1n) is 7.77. The Bertz CT molecular complexity index is 705. The highest BCUT2D eigenvalue weighted by molar-refractivity contribution is 6.30. The summed E-state index contributed by atoms with van der Waals surface area (Å²) in [5, 5.41) is 0.241. The first-order chi connectivity index (χ1) is 11.2. The summed E-state index contributed by atoms with van der Waals surface area (Å²) in [7, 11) is 0. The van der Waals surface area contributed by atoms with E-state index in [2.05, 4.69) is 5.92 Å². The second-order valence-electron chi connectivity index (χ2n) is 6.82. The SMILES string of the molecule is C#C[C@@H](OC(=O)C[C@H]1C[C@@H](C(C)=O)C1(C)C)c1ccc(Cl)cc1F. The predicted molar refractivity (Wildman–Crippen MR) is 89.8 cm³/mol. The second kappa shape index (κ2) is 6.94. The molecule has 0 amide bonds. The van der Waals surface area contributed by atoms with Gasteiger partial charge in [0.25, 0.3) is 0 Å². The van der Waals surface area contributed by atoms with Crippen LogP contribution < -0.4 is 0 Å². The minimum absolute atomic E-state index is 0.0348. The molecule has 0 radical (unpaired) electrons. The summed E-state index contributed by atoms with van der Waals surface area (Å²) in [6, 6.07) is 4.03. The minimum Gasteiger partial charge on any atom is -0.444 e. The molecule has 1 aliphatic carbocycles. The molecule has 0 spiro atoms. The van der Waals surface area contributed by atoms with Gasteiger partial charge in [0.2, 0.25) is 0 Å². The summed E-state index contributed by atoms with van der Waals surface area (Å²) in [5.74, 6) is 1.33. The van der Waals surface area contributed by atoms with Gasteiger partial charge >= 0.3 is 5.97 Å². The number of hydrogen-bond acceptors (Lipinski definition) is 3. The number of carbonyl (C=O) groups is 2. The molecular weight excluding hydrogens is 331 g/mol. The fourth-order valence-corrected chi connectivity index (χ4v) is 3.49. The van der Waals surface area contributed by atoms with Gasteiger partial charge in [-0.15, -0.1) is 6.42 Å². The molecule has 3 atom stereocenters. The third-order valence-corrected chi connectivity index (χ3v) is 5.26. The normalized spacial score (nSPS) is 22.8. The number of hydrogen-bond donors (Lipinski definition) is 0. The average molecular weight is 351 g/mol. The summed E-state index contributed by atoms with van der Waals surface area (Å²) in [6.07, 6.45) is 5.10. The monoisotopic (exact) mass is 350 g/mol. The molecule has 1 aliphatic rings. The van der Waals surface area contributed by atoms with Crippen molar-refractivity contribution in [1.82, 2.24) is 0 Å². The Morgan fingerprint density at radius 3 is 2.67 bits per heavy atom. The van der Waals surface area contributed by atoms with Gasteiger partial charge in [0.05, 0.1) is 0 Å². The van der Waals surface area contributed by atoms with Crippen molar-refractivity contribution in [3.05, 3.63) is 34.6 Å². The number of ketones is 1. The molecule has 0 N–H and O–H groups in total. The highest BCUT2D eigenvalue weighted by atomic mass is 35.5. The number of esters is 1. The molecule has 1 saturated carbocycles. The van der Waals surface area contributed by atoms with Crippen LogP contribution in [0.2, 0.25) is 5.02 Å². The van der Waals surface area contributed by atoms with E-state index in [0.29, 0.717) is 6.42 Å². The van der Waals surface area contributed by atoms with Gasteiger partial charge in [0, 0.05) is 22.9 Å². The van der Waals surface area contributed by atoms with Gasteiger partial charge in [-0.1, -0.05) is 31.4 Å². The lowest BCUT2D eigenvalue weighted by atomic mass is 9.53. The zero-order chi connectivity index (χ0) is 18.1. The van der Waals surface area contributed by atoms with E-state index in [1.807, 2.05) is 13.8 Å². The van der Waals surface area contributed by atoms with E-state index in [1.54, 1.807) is 6.92 Å². The quantitative estimate of drug-likeness (QED) is 0.586. The van der Waals surface area contributed by atoms with Gasteiger partial charge in [-0.05, 0) is 42.9 Å². The smallest absolute Gasteiger partial charge is 0.307 e. The number of benzene rings is 1. The summed E-state index contributed by atoms with van der Waals surface area (Å²) < 4.78 is 19.2. The van der Waals surface area contributed by atoms with E-state index >= 15 is 0 Å². The lowest BCUT2D eigenvalue weighted by molar-refractivity contribution is -0.156. The van der Waals surface area contributed by atoms with Crippen LogP contribution >= 0.6 is 11.6 Å². The van der Waals surface area contributed by atoms with Crippen LogP contribution in [0, 0.1) is 35.4 Å². The molecule has 1 fully saturated rings. The van der Waals surface area contributed by atoms with Crippen molar-refractivity contribution in [2.24, 2.45) is 17.3 Å². The molecule has 0 aliphatic heterocycles. The number of terminal acetylenes is 1. The number of rotatable bonds is 5. The summed E-state index contributed by atoms with van der Waals surface area (Å²) in [4.78, 5) is 23.7. The first kappa shape index (κ1) is 18.5. The lowest BCUT2D eigenvalue weighted by Crippen LogP contribution is -2.49. The molecule has 5 heteroatoms. The van der Waals surface area contributed by atoms with Crippen LogP contribution in [0.4, 0.5) is 4.39 Å². The van der Waals surface area contributed by atoms with Gasteiger partial charge < -0.3 is 4.74 Å². The Morgan fingerprint density at radius 2 is 2.17 bits per heavy atom. The predicted octanol–water partition coefficient (Wildman–Crippen LogP) is 4.34. The Balaban J connectivity index is 2.01. The van der Waals surface area contributed by atoms with Gasteiger partial charge in [0.15, 0.2) is 6.10 Å². The van der Waals surface area contributed by atoms with Crippen molar-refractivity contribution in [3.63, 3.8) is 0 Å². The van der Waals surface area contributed by atoms with E-state index in [1.165, 1.54) is 12.1 Å². The van der Waals surface area contributed by atoms with Crippen LogP contribution in [0.3, 0.4) is 0 Å². The minimum atomic E-state index is -1.10. The van der Waals surface area contributed by atoms with Crippen molar-refractivity contribution in [3.8, 4) is 12.3 Å². The first-order valence-corrected chi connectivity index (χ1v) is 8.15. The zero-order valence-corrected chi connectivity index (χ0v) is 14.7. The van der Waals surface area contributed by atoms with Crippen LogP contribution in [0.1, 0.15) is 45.3 Å². The zero-order valence-electron chi connectivity index (χ0n) is 13.9. The molecule has 128 valence electrons. The maximum absolute atomic E-state index is 13.9. The molecule has 1 aromatic rings. The molecular formula is C19H20ClFO3. The maximum atomic E-state index is 13.9. The van der Waals surface area contributed by atoms with Gasteiger partial charge in [-0.3, -0.25) is 9.59 Å². The second-order valence-corrected chi connectivity index (χ2v) is 7.26. The number of Topliss-reactive ketones (excluding diaryl/α,β-unsaturated/α-hetero) is 1. The molecule has 0 bridgehead atoms. The van der Waals surface area contributed by atoms with E-state index < -0.39 is 17.9 Å². The number of ether oxygens (including phenoxy) is 1. The maximum Gasteiger partial charge on any atom is 0.307 e. The highest BCUT2D eigenvalue weighted by Gasteiger charge is 2.50. The fourth-order valence-electron chi connectivity index (χ4n) is 3.33. The summed E-state index contributed by atoms with van der Waals surface area (Å²) in [5.41, 5.74) is -0.146. The molecule has 2 rings (SSSR count). The van der Waals surface area contributed by atoms with Gasteiger partial charge in [-0.25, -0.2) is 4.39 Å². The third-order valence-electron chi connectivity index (χ3n) is 5.02. The topological polar surface area (TPSA) is 43.4 Å². The van der Waals surface area contributed by atoms with Gasteiger partial charge in [0.1, 0.15) is 11.6 Å². The van der Waals surface area contributed by atoms with E-state index in [0.717, 1.165) is 6.07 Å². The third kappa shape index (κ3) is 3.62. The molecule has 0 unspecified atom stereocenters. The van der Waals surface area contributed by atoms with Gasteiger partial charge in [-0.2, -0.15) is 0 Å². The average Bonchev–Trinajstić information content (AvgIpc) is 2.48. The Labute approximate surface area is 146 Å². The Morgan fingerprint density at radius 1 is 1.50 bits per heavy atom. The molecule has 24 heavy (non-hydrogen) atoms. The van der Waals surface area contributed by atoms with Crippen LogP contribution in [0.15, 0.2) is 18.2 Å². The van der Waals surface area contributed by atoms with Crippen molar-refractivity contribution in [2.75, 3.05) is 0 Å². The van der Waals surface area contributed by atoms with E-state index in [4.69, 9.17) is 22.8 Å². The Hall–Kier alpha value is -1.86. The largest absolute Gasteiger partial charge is 0.444 e. The molecule has 0 aromatic heterocycles. The van der Waals surface area contributed by atoms with Crippen molar-refractivity contribution >= 4 is 23.4 Å². The lowest BCUT2D eigenvalue weighted by Gasteiger charge is -2.50. The van der Waals surface area contributed by atoms with E-state index in [9.17, 15) is 14.0 Å². The Kier molecular flexibility index (Phi) is 5.35. The number of halogens is 2. The van der Waals surface area contributed by atoms with Crippen molar-refractivity contribution < 1.29 is 18.7 Å². The van der Waals surface area contributed by atoms with Crippen LogP contribution in [-0.4, -0.2) is 11.8 Å². The van der Waals surface area contributed by atoms with Crippen molar-refractivity contribution in [1.29, 1.82) is 0 Å². The standard InChI is InChI=1S/C19H20ClFO3/c1-5-17(14-7-6-13(20)10-16(14)21)24-18(23)9-12-8-15(11(2)22)19(12,3)4/h1,6-7,10,12,15,17H,8-9H2,2-4H3/t12-,15+,17-/m1/s1. The van der Waals surface area contributed by atoms with Crippen LogP contribution in [0.25, 0.3) is 0 Å². The van der Waals surface area contributed by atoms with Crippen LogP contribution in [-0.2, 0) is 14.3 Å². The molecule has 0 heterocycles. The number of carbonyl (C=O) groups excluding carboxylic acids is 2. The molecule has 3 nitrogen and oxygen atoms in total. The van der Waals surface area contributed by atoms with Crippen molar-refractivity contribution in [2.45, 2.75) is 39.7 Å². The molecule has 1 aromatic carbocycles. The fraction of sp³-hybridized carbons (Fsp3) is 0.474. The summed E-state index contributed by atoms with van der Waals surface area (Å²) in [6.45, 7) is 5.51.